The van der Waals surface area contributed by atoms with E-state index in [0.29, 0.717) is 33.8 Å². The highest BCUT2D eigenvalue weighted by Gasteiger charge is 2.22. The molecule has 8 heteroatoms. The number of thiazole rings is 1. The van der Waals surface area contributed by atoms with Crippen LogP contribution in [0.3, 0.4) is 0 Å². The Hall–Kier alpha value is -2.74. The van der Waals surface area contributed by atoms with Gasteiger partial charge in [-0.2, -0.15) is 0 Å². The zero-order valence-corrected chi connectivity index (χ0v) is 17.9. The first-order valence-electron chi connectivity index (χ1n) is 10.0. The summed E-state index contributed by atoms with van der Waals surface area (Å²) in [4.78, 5) is 39.6. The van der Waals surface area contributed by atoms with Gasteiger partial charge in [-0.25, -0.2) is 9.18 Å². The van der Waals surface area contributed by atoms with Crippen LogP contribution in [-0.2, 0) is 20.9 Å². The summed E-state index contributed by atoms with van der Waals surface area (Å²) in [5.74, 6) is -0.656. The molecule has 0 N–H and O–H groups in total. The lowest BCUT2D eigenvalue weighted by Crippen LogP contribution is -2.44. The Bertz CT molecular complexity index is 1090. The lowest BCUT2D eigenvalue weighted by Gasteiger charge is -2.31. The third-order valence-corrected chi connectivity index (χ3v) is 6.00. The maximum Gasteiger partial charge on any atom is 0.333 e. The highest BCUT2D eigenvalue weighted by Crippen LogP contribution is 2.15. The molecule has 1 aromatic carbocycles. The van der Waals surface area contributed by atoms with Gasteiger partial charge in [-0.15, -0.1) is 11.3 Å². The Morgan fingerprint density at radius 1 is 1.30 bits per heavy atom. The molecule has 0 spiro atoms. The molecule has 1 amide bonds. The normalized spacial score (nSPS) is 18.0. The Morgan fingerprint density at radius 2 is 2.03 bits per heavy atom. The molecule has 1 atom stereocenters. The van der Waals surface area contributed by atoms with Crippen molar-refractivity contribution in [3.05, 3.63) is 55.2 Å². The van der Waals surface area contributed by atoms with Gasteiger partial charge in [0.2, 0.25) is 5.91 Å². The second-order valence-electron chi connectivity index (χ2n) is 7.38. The number of amides is 1. The molecule has 1 fully saturated rings. The molecule has 1 aliphatic heterocycles. The van der Waals surface area contributed by atoms with Crippen LogP contribution in [0.2, 0.25) is 0 Å². The van der Waals surface area contributed by atoms with Gasteiger partial charge >= 0.3 is 5.97 Å². The first-order valence-corrected chi connectivity index (χ1v) is 10.8. The summed E-state index contributed by atoms with van der Waals surface area (Å²) in [6, 6.07) is 5.75. The van der Waals surface area contributed by atoms with Crippen LogP contribution < -0.4 is 14.8 Å². The third-order valence-electron chi connectivity index (χ3n) is 4.94. The summed E-state index contributed by atoms with van der Waals surface area (Å²) >= 11 is 1.10. The smallest absolute Gasteiger partial charge is 0.333 e. The van der Waals surface area contributed by atoms with Gasteiger partial charge < -0.3 is 9.64 Å². The number of ether oxygens (including phenoxy) is 1. The van der Waals surface area contributed by atoms with Crippen molar-refractivity contribution in [1.82, 2.24) is 9.47 Å². The van der Waals surface area contributed by atoms with Crippen LogP contribution in [0.5, 0.6) is 0 Å². The summed E-state index contributed by atoms with van der Waals surface area (Å²) in [6.45, 7) is 5.22. The van der Waals surface area contributed by atoms with Gasteiger partial charge in [0.25, 0.3) is 5.56 Å². The van der Waals surface area contributed by atoms with Gasteiger partial charge in [0.1, 0.15) is 17.0 Å². The van der Waals surface area contributed by atoms with Crippen molar-refractivity contribution >= 4 is 35.4 Å². The van der Waals surface area contributed by atoms with E-state index in [9.17, 15) is 18.8 Å². The molecule has 0 aliphatic carbocycles. The summed E-state index contributed by atoms with van der Waals surface area (Å²) in [5, 5.41) is 0. The monoisotopic (exact) mass is 432 g/mol. The first kappa shape index (κ1) is 22.0. The van der Waals surface area contributed by atoms with E-state index in [-0.39, 0.29) is 30.4 Å². The fraction of sp³-hybridized carbons (Fsp3) is 0.409. The molecule has 0 saturated carbocycles. The molecule has 0 unspecified atom stereocenters. The number of carbonyl (C=O) groups excluding carboxylic acids is 2. The lowest BCUT2D eigenvalue weighted by atomic mass is 10.0. The van der Waals surface area contributed by atoms with Crippen molar-refractivity contribution in [3.8, 4) is 0 Å². The van der Waals surface area contributed by atoms with Crippen molar-refractivity contribution in [1.29, 1.82) is 0 Å². The molecule has 30 heavy (non-hydrogen) atoms. The number of esters is 1. The van der Waals surface area contributed by atoms with E-state index in [1.165, 1.54) is 22.8 Å². The zero-order chi connectivity index (χ0) is 21.7. The van der Waals surface area contributed by atoms with Crippen molar-refractivity contribution in [2.45, 2.75) is 33.2 Å². The van der Waals surface area contributed by atoms with E-state index in [1.807, 2.05) is 0 Å². The van der Waals surface area contributed by atoms with Crippen molar-refractivity contribution in [2.75, 3.05) is 19.7 Å². The molecule has 1 saturated heterocycles. The summed E-state index contributed by atoms with van der Waals surface area (Å²) in [5.41, 5.74) is 0.291. The molecule has 6 nitrogen and oxygen atoms in total. The van der Waals surface area contributed by atoms with Gasteiger partial charge in [-0.05, 0) is 49.5 Å². The minimum atomic E-state index is -0.570. The van der Waals surface area contributed by atoms with E-state index >= 15 is 0 Å². The molecule has 160 valence electrons. The molecule has 2 heterocycles. The Kier molecular flexibility index (Phi) is 7.20. The Balaban J connectivity index is 2.00. The fourth-order valence-electron chi connectivity index (χ4n) is 3.44. The molecule has 0 radical (unpaired) electrons. The van der Waals surface area contributed by atoms with Crippen molar-refractivity contribution in [3.63, 3.8) is 0 Å². The van der Waals surface area contributed by atoms with Crippen molar-refractivity contribution < 1.29 is 18.7 Å². The minimum Gasteiger partial charge on any atom is -0.463 e. The van der Waals surface area contributed by atoms with Crippen LogP contribution in [0.4, 0.5) is 4.39 Å². The lowest BCUT2D eigenvalue weighted by molar-refractivity contribution is -0.136. The highest BCUT2D eigenvalue weighted by molar-refractivity contribution is 7.07. The van der Waals surface area contributed by atoms with Gasteiger partial charge in [0.15, 0.2) is 0 Å². The largest absolute Gasteiger partial charge is 0.463 e. The highest BCUT2D eigenvalue weighted by atomic mass is 32.1. The molecular weight excluding hydrogens is 407 g/mol. The van der Waals surface area contributed by atoms with Crippen molar-refractivity contribution in [2.24, 2.45) is 5.92 Å². The van der Waals surface area contributed by atoms with Gasteiger partial charge in [-0.1, -0.05) is 19.1 Å². The van der Waals surface area contributed by atoms with E-state index in [4.69, 9.17) is 4.74 Å². The van der Waals surface area contributed by atoms with Crippen LogP contribution in [0.1, 0.15) is 32.3 Å². The maximum atomic E-state index is 13.2. The number of rotatable bonds is 5. The Labute approximate surface area is 177 Å². The average molecular weight is 433 g/mol. The van der Waals surface area contributed by atoms with Crippen LogP contribution in [0.15, 0.2) is 29.1 Å². The number of hydrogen-bond donors (Lipinski definition) is 0. The van der Waals surface area contributed by atoms with Crippen LogP contribution >= 0.6 is 11.3 Å². The summed E-state index contributed by atoms with van der Waals surface area (Å²) < 4.78 is 20.2. The van der Waals surface area contributed by atoms with E-state index in [1.54, 1.807) is 30.0 Å². The number of carbonyl (C=O) groups is 2. The number of benzene rings is 1. The fourth-order valence-corrected chi connectivity index (χ4v) is 4.47. The van der Waals surface area contributed by atoms with Gasteiger partial charge in [0.05, 0.1) is 17.2 Å². The van der Waals surface area contributed by atoms with E-state index in [0.717, 1.165) is 24.2 Å². The Morgan fingerprint density at radius 3 is 2.70 bits per heavy atom. The summed E-state index contributed by atoms with van der Waals surface area (Å²) in [6.07, 6.45) is 4.89. The third kappa shape index (κ3) is 5.44. The predicted molar refractivity (Wildman–Crippen MR) is 114 cm³/mol. The SMILES string of the molecule is CCOC(=O)/C=c1\s/c(=C\c2ccc(F)cc2)c(=O)n1CC(=O)N1CCC[C@H](C)C1. The second-order valence-corrected chi connectivity index (χ2v) is 8.44. The minimum absolute atomic E-state index is 0.134. The van der Waals surface area contributed by atoms with Crippen LogP contribution in [-0.4, -0.2) is 41.0 Å². The zero-order valence-electron chi connectivity index (χ0n) is 17.1. The standard InChI is InChI=1S/C22H25FN2O4S/c1-3-29-21(27)12-20-25(14-19(26)24-10-4-5-15(2)13-24)22(28)18(30-20)11-16-6-8-17(23)9-7-16/h6-9,11-12,15H,3-5,10,13-14H2,1-2H3/b18-11-,20-12-/t15-/m0/s1. The molecule has 0 bridgehead atoms. The number of piperidine rings is 1. The van der Waals surface area contributed by atoms with Gasteiger partial charge in [0, 0.05) is 13.1 Å². The second kappa shape index (κ2) is 9.84. The first-order chi connectivity index (χ1) is 14.4. The molecular formula is C22H25FN2O4S. The van der Waals surface area contributed by atoms with E-state index in [2.05, 4.69) is 6.92 Å². The average Bonchev–Trinajstić information content (AvgIpc) is 2.98. The number of halogens is 1. The summed E-state index contributed by atoms with van der Waals surface area (Å²) in [7, 11) is 0. The number of nitrogens with zero attached hydrogens (tertiary/aromatic N) is 2. The quantitative estimate of drug-likeness (QED) is 0.672. The topological polar surface area (TPSA) is 68.6 Å². The molecule has 3 rings (SSSR count). The molecule has 1 aromatic heterocycles. The maximum absolute atomic E-state index is 13.2. The number of likely N-dealkylation sites (tertiary alicyclic amines) is 1. The number of aromatic nitrogens is 1. The molecule has 1 aliphatic rings. The predicted octanol–water partition coefficient (Wildman–Crippen LogP) is 1.48. The number of hydrogen-bond acceptors (Lipinski definition) is 5. The van der Waals surface area contributed by atoms with Crippen LogP contribution in [0.25, 0.3) is 12.2 Å². The van der Waals surface area contributed by atoms with E-state index < -0.39 is 5.97 Å². The molecule has 2 aromatic rings. The van der Waals surface area contributed by atoms with Gasteiger partial charge in [-0.3, -0.25) is 14.2 Å². The van der Waals surface area contributed by atoms with Crippen LogP contribution in [0, 0.1) is 11.7 Å².